The summed E-state index contributed by atoms with van der Waals surface area (Å²) in [5, 5.41) is 8.34. The third kappa shape index (κ3) is 2.74. The van der Waals surface area contributed by atoms with Gasteiger partial charge in [0.1, 0.15) is 13.2 Å². The predicted molar refractivity (Wildman–Crippen MR) is 98.4 cm³/mol. The van der Waals surface area contributed by atoms with Gasteiger partial charge < -0.3 is 14.8 Å². The van der Waals surface area contributed by atoms with Crippen molar-refractivity contribution >= 4 is 34.2 Å². The van der Waals surface area contributed by atoms with Gasteiger partial charge in [-0.25, -0.2) is 4.98 Å². The number of anilines is 1. The normalized spacial score (nSPS) is 13.1. The first kappa shape index (κ1) is 16.7. The topological polar surface area (TPSA) is 78.3 Å². The van der Waals surface area contributed by atoms with E-state index in [2.05, 4.69) is 15.4 Å². The second-order valence-electron chi connectivity index (χ2n) is 6.15. The van der Waals surface area contributed by atoms with Crippen LogP contribution in [-0.2, 0) is 7.05 Å². The average molecular weight is 373 g/mol. The summed E-state index contributed by atoms with van der Waals surface area (Å²) < 4.78 is 12.7. The predicted octanol–water partition coefficient (Wildman–Crippen LogP) is 3.26. The Morgan fingerprint density at radius 2 is 1.88 bits per heavy atom. The third-order valence-electron chi connectivity index (χ3n) is 4.22. The monoisotopic (exact) mass is 372 g/mol. The van der Waals surface area contributed by atoms with E-state index in [0.29, 0.717) is 46.6 Å². The number of aryl methyl sites for hydroxylation is 3. The number of ether oxygens (including phenoxy) is 2. The number of amides is 1. The second kappa shape index (κ2) is 6.17. The Bertz CT molecular complexity index is 1040. The Balaban J connectivity index is 1.75. The highest BCUT2D eigenvalue weighted by atomic mass is 35.5. The molecule has 0 atom stereocenters. The highest BCUT2D eigenvalue weighted by Crippen LogP contribution is 2.38. The van der Waals surface area contributed by atoms with Crippen molar-refractivity contribution in [3.05, 3.63) is 40.2 Å². The molecule has 1 aliphatic heterocycles. The Morgan fingerprint density at radius 1 is 1.19 bits per heavy atom. The van der Waals surface area contributed by atoms with Gasteiger partial charge in [-0.3, -0.25) is 9.48 Å². The molecule has 0 unspecified atom stereocenters. The molecule has 0 spiro atoms. The lowest BCUT2D eigenvalue weighted by Crippen LogP contribution is -2.17. The molecule has 1 N–H and O–H groups in total. The van der Waals surface area contributed by atoms with Gasteiger partial charge in [0, 0.05) is 24.9 Å². The molecule has 1 aromatic carbocycles. The van der Waals surface area contributed by atoms with Crippen molar-refractivity contribution in [2.24, 2.45) is 7.05 Å². The number of aromatic nitrogens is 3. The minimum atomic E-state index is -0.282. The number of hydrogen-bond acceptors (Lipinski definition) is 5. The zero-order valence-corrected chi connectivity index (χ0v) is 15.3. The van der Waals surface area contributed by atoms with E-state index in [1.807, 2.05) is 13.8 Å². The van der Waals surface area contributed by atoms with Crippen LogP contribution in [0.25, 0.3) is 11.0 Å². The molecule has 7 nitrogen and oxygen atoms in total. The molecular weight excluding hydrogens is 356 g/mol. The van der Waals surface area contributed by atoms with Crippen LogP contribution in [0.5, 0.6) is 11.5 Å². The largest absolute Gasteiger partial charge is 0.486 e. The van der Waals surface area contributed by atoms with Crippen LogP contribution < -0.4 is 14.8 Å². The average Bonchev–Trinajstić information content (AvgIpc) is 2.88. The zero-order chi connectivity index (χ0) is 18.4. The lowest BCUT2D eigenvalue weighted by molar-refractivity contribution is 0.102. The van der Waals surface area contributed by atoms with Crippen LogP contribution in [0, 0.1) is 13.8 Å². The summed E-state index contributed by atoms with van der Waals surface area (Å²) >= 11 is 6.30. The fraction of sp³-hybridized carbons (Fsp3) is 0.278. The zero-order valence-electron chi connectivity index (χ0n) is 14.6. The summed E-state index contributed by atoms with van der Waals surface area (Å²) in [5.41, 5.74) is 3.11. The number of nitrogens with one attached hydrogen (secondary N) is 1. The minimum Gasteiger partial charge on any atom is -0.486 e. The van der Waals surface area contributed by atoms with Crippen molar-refractivity contribution < 1.29 is 14.3 Å². The number of halogens is 1. The molecule has 134 valence electrons. The summed E-state index contributed by atoms with van der Waals surface area (Å²) in [6.07, 6.45) is 0. The SMILES string of the molecule is Cc1cc(C(=O)Nc2cc3c(cc2Cl)OCCO3)c2c(C)nn(C)c2n1. The van der Waals surface area contributed by atoms with E-state index in [9.17, 15) is 4.79 Å². The van der Waals surface area contributed by atoms with Crippen molar-refractivity contribution in [2.45, 2.75) is 13.8 Å². The van der Waals surface area contributed by atoms with Crippen LogP contribution in [-0.4, -0.2) is 33.9 Å². The Morgan fingerprint density at radius 3 is 2.62 bits per heavy atom. The Hall–Kier alpha value is -2.80. The maximum atomic E-state index is 13.0. The molecule has 4 rings (SSSR count). The molecule has 0 bridgehead atoms. The van der Waals surface area contributed by atoms with E-state index in [-0.39, 0.29) is 5.91 Å². The third-order valence-corrected chi connectivity index (χ3v) is 4.53. The first-order chi connectivity index (χ1) is 12.4. The standard InChI is InChI=1S/C18H17ClN4O3/c1-9-6-11(16-10(2)22-23(3)17(16)20-9)18(24)21-13-8-15-14(7-12(13)19)25-4-5-26-15/h6-8H,4-5H2,1-3H3,(H,21,24). The molecule has 0 radical (unpaired) electrons. The number of pyridine rings is 1. The van der Waals surface area contributed by atoms with Gasteiger partial charge >= 0.3 is 0 Å². The fourth-order valence-corrected chi connectivity index (χ4v) is 3.30. The van der Waals surface area contributed by atoms with E-state index in [0.717, 1.165) is 16.8 Å². The van der Waals surface area contributed by atoms with Crippen molar-refractivity contribution in [2.75, 3.05) is 18.5 Å². The van der Waals surface area contributed by atoms with Crippen molar-refractivity contribution in [1.82, 2.24) is 14.8 Å². The molecule has 0 fully saturated rings. The maximum Gasteiger partial charge on any atom is 0.256 e. The van der Waals surface area contributed by atoms with Crippen LogP contribution in [0.3, 0.4) is 0 Å². The number of fused-ring (bicyclic) bond motifs is 2. The summed E-state index contributed by atoms with van der Waals surface area (Å²) in [6.45, 7) is 4.63. The highest BCUT2D eigenvalue weighted by Gasteiger charge is 2.20. The van der Waals surface area contributed by atoms with Crippen molar-refractivity contribution in [1.29, 1.82) is 0 Å². The first-order valence-electron chi connectivity index (χ1n) is 8.15. The highest BCUT2D eigenvalue weighted by molar-refractivity contribution is 6.34. The van der Waals surface area contributed by atoms with Crippen LogP contribution in [0.1, 0.15) is 21.7 Å². The molecule has 0 saturated heterocycles. The fourth-order valence-electron chi connectivity index (χ4n) is 3.10. The van der Waals surface area contributed by atoms with Gasteiger partial charge in [-0.05, 0) is 19.9 Å². The molecule has 1 amide bonds. The summed E-state index contributed by atoms with van der Waals surface area (Å²) in [7, 11) is 1.81. The van der Waals surface area contributed by atoms with E-state index >= 15 is 0 Å². The van der Waals surface area contributed by atoms with E-state index < -0.39 is 0 Å². The lowest BCUT2D eigenvalue weighted by Gasteiger charge is -2.20. The number of rotatable bonds is 2. The van der Waals surface area contributed by atoms with Gasteiger partial charge in [0.2, 0.25) is 0 Å². The lowest BCUT2D eigenvalue weighted by atomic mass is 10.1. The van der Waals surface area contributed by atoms with Gasteiger partial charge in [-0.15, -0.1) is 0 Å². The molecule has 0 aliphatic carbocycles. The van der Waals surface area contributed by atoms with Gasteiger partial charge in [0.25, 0.3) is 5.91 Å². The van der Waals surface area contributed by atoms with Crippen LogP contribution >= 0.6 is 11.6 Å². The minimum absolute atomic E-state index is 0.282. The smallest absolute Gasteiger partial charge is 0.256 e. The molecule has 1 aliphatic rings. The van der Waals surface area contributed by atoms with Crippen LogP contribution in [0.4, 0.5) is 5.69 Å². The summed E-state index contributed by atoms with van der Waals surface area (Å²) in [6, 6.07) is 5.07. The molecule has 26 heavy (non-hydrogen) atoms. The number of carbonyl (C=O) groups excluding carboxylic acids is 1. The molecule has 2 aromatic heterocycles. The molecule has 3 aromatic rings. The van der Waals surface area contributed by atoms with E-state index in [4.69, 9.17) is 21.1 Å². The number of carbonyl (C=O) groups is 1. The van der Waals surface area contributed by atoms with Gasteiger partial charge in [-0.1, -0.05) is 11.6 Å². The van der Waals surface area contributed by atoms with Crippen LogP contribution in [0.2, 0.25) is 5.02 Å². The number of benzene rings is 1. The number of hydrogen-bond donors (Lipinski definition) is 1. The molecule has 0 saturated carbocycles. The van der Waals surface area contributed by atoms with Gasteiger partial charge in [0.15, 0.2) is 17.1 Å². The molecular formula is C18H17ClN4O3. The Labute approximate surface area is 154 Å². The second-order valence-corrected chi connectivity index (χ2v) is 6.56. The van der Waals surface area contributed by atoms with Crippen molar-refractivity contribution in [3.63, 3.8) is 0 Å². The number of nitrogens with zero attached hydrogens (tertiary/aromatic N) is 3. The first-order valence-corrected chi connectivity index (χ1v) is 8.53. The van der Waals surface area contributed by atoms with Gasteiger partial charge in [0.05, 0.1) is 27.4 Å². The van der Waals surface area contributed by atoms with E-state index in [1.54, 1.807) is 29.9 Å². The van der Waals surface area contributed by atoms with Gasteiger partial charge in [-0.2, -0.15) is 5.10 Å². The van der Waals surface area contributed by atoms with E-state index in [1.165, 1.54) is 0 Å². The molecule has 3 heterocycles. The van der Waals surface area contributed by atoms with Crippen molar-refractivity contribution in [3.8, 4) is 11.5 Å². The summed E-state index contributed by atoms with van der Waals surface area (Å²) in [5.74, 6) is 0.851. The maximum absolute atomic E-state index is 13.0. The molecule has 8 heteroatoms. The quantitative estimate of drug-likeness (QED) is 0.747. The Kier molecular flexibility index (Phi) is 3.96. The van der Waals surface area contributed by atoms with Crippen LogP contribution in [0.15, 0.2) is 18.2 Å². The summed E-state index contributed by atoms with van der Waals surface area (Å²) in [4.78, 5) is 17.4.